The molecule has 5 nitrogen and oxygen atoms in total. The van der Waals surface area contributed by atoms with Gasteiger partial charge in [-0.3, -0.25) is 5.41 Å². The smallest absolute Gasteiger partial charge is 0.330 e. The van der Waals surface area contributed by atoms with E-state index in [2.05, 4.69) is 27.9 Å². The first-order valence-corrected chi connectivity index (χ1v) is 5.20. The third-order valence-corrected chi connectivity index (χ3v) is 2.37. The molecule has 0 saturated heterocycles. The minimum absolute atomic E-state index is 0.111. The van der Waals surface area contributed by atoms with Crippen LogP contribution < -0.4 is 15.8 Å². The molecule has 0 aliphatic carbocycles. The van der Waals surface area contributed by atoms with Crippen LogP contribution in [0.2, 0.25) is 0 Å². The molecule has 4 N–H and O–H groups in total. The molecule has 0 spiro atoms. The van der Waals surface area contributed by atoms with Crippen molar-refractivity contribution >= 4 is 34.5 Å². The van der Waals surface area contributed by atoms with Gasteiger partial charge in [-0.25, -0.2) is 4.79 Å². The van der Waals surface area contributed by atoms with Crippen LogP contribution in [0, 0.1) is 8.98 Å². The quantitative estimate of drug-likeness (QED) is 0.251. The Morgan fingerprint density at radius 3 is 2.80 bits per heavy atom. The first kappa shape index (κ1) is 11.8. The average molecular weight is 319 g/mol. The molecule has 0 aliphatic heterocycles. The van der Waals surface area contributed by atoms with Crippen molar-refractivity contribution in [2.75, 3.05) is 6.54 Å². The first-order valence-electron chi connectivity index (χ1n) is 4.12. The lowest BCUT2D eigenvalue weighted by atomic mass is 10.3. The number of hydrogen-bond donors (Lipinski definition) is 3. The standard InChI is InChI=1S/C9H10IN3O2/c10-6-3-1-2-4-7(6)15-8(14)5-13-9(11)12/h1-4H,5H2,(H4,11,12,13). The van der Waals surface area contributed by atoms with Crippen molar-refractivity contribution in [1.29, 1.82) is 5.41 Å². The molecule has 1 aromatic rings. The topological polar surface area (TPSA) is 88.2 Å². The maximum absolute atomic E-state index is 11.2. The fourth-order valence-electron chi connectivity index (χ4n) is 0.854. The Labute approximate surface area is 101 Å². The molecule has 0 saturated carbocycles. The van der Waals surface area contributed by atoms with Gasteiger partial charge >= 0.3 is 5.97 Å². The van der Waals surface area contributed by atoms with Crippen LogP contribution in [0.4, 0.5) is 0 Å². The molecular weight excluding hydrogens is 309 g/mol. The van der Waals surface area contributed by atoms with Crippen LogP contribution in [0.5, 0.6) is 5.75 Å². The number of ether oxygens (including phenoxy) is 1. The summed E-state index contributed by atoms with van der Waals surface area (Å²) in [5.74, 6) is -0.225. The van der Waals surface area contributed by atoms with Crippen molar-refractivity contribution in [1.82, 2.24) is 5.32 Å². The van der Waals surface area contributed by atoms with Crippen LogP contribution in [-0.2, 0) is 4.79 Å². The maximum atomic E-state index is 11.2. The monoisotopic (exact) mass is 319 g/mol. The van der Waals surface area contributed by atoms with Gasteiger partial charge in [0, 0.05) is 0 Å². The van der Waals surface area contributed by atoms with Gasteiger partial charge < -0.3 is 15.8 Å². The SMILES string of the molecule is N=C(N)NCC(=O)Oc1ccccc1I. The van der Waals surface area contributed by atoms with Crippen LogP contribution in [-0.4, -0.2) is 18.5 Å². The minimum Gasteiger partial charge on any atom is -0.424 e. The summed E-state index contributed by atoms with van der Waals surface area (Å²) in [7, 11) is 0. The Morgan fingerprint density at radius 2 is 2.20 bits per heavy atom. The molecule has 0 radical (unpaired) electrons. The minimum atomic E-state index is -0.477. The number of esters is 1. The molecule has 1 rings (SSSR count). The van der Waals surface area contributed by atoms with E-state index in [0.717, 1.165) is 3.57 Å². The second kappa shape index (κ2) is 5.54. The van der Waals surface area contributed by atoms with E-state index in [1.807, 2.05) is 12.1 Å². The number of rotatable bonds is 3. The molecule has 0 bridgehead atoms. The van der Waals surface area contributed by atoms with E-state index in [-0.39, 0.29) is 12.5 Å². The first-order chi connectivity index (χ1) is 7.09. The summed E-state index contributed by atoms with van der Waals surface area (Å²) in [6.45, 7) is -0.111. The zero-order valence-corrected chi connectivity index (χ0v) is 9.95. The van der Waals surface area contributed by atoms with Crippen molar-refractivity contribution in [3.63, 3.8) is 0 Å². The number of hydrogen-bond acceptors (Lipinski definition) is 3. The van der Waals surface area contributed by atoms with Gasteiger partial charge in [0.05, 0.1) is 3.57 Å². The molecular formula is C9H10IN3O2. The largest absolute Gasteiger partial charge is 0.424 e. The van der Waals surface area contributed by atoms with Gasteiger partial charge in [0.25, 0.3) is 0 Å². The summed E-state index contributed by atoms with van der Waals surface area (Å²) in [6.07, 6.45) is 0. The Bertz CT molecular complexity index is 381. The molecule has 0 unspecified atom stereocenters. The molecule has 0 fully saturated rings. The Hall–Kier alpha value is -1.31. The van der Waals surface area contributed by atoms with Crippen molar-refractivity contribution in [2.24, 2.45) is 5.73 Å². The molecule has 0 atom stereocenters. The summed E-state index contributed by atoms with van der Waals surface area (Å²) in [4.78, 5) is 11.2. The third kappa shape index (κ3) is 4.15. The van der Waals surface area contributed by atoms with E-state index in [1.165, 1.54) is 0 Å². The highest BCUT2D eigenvalue weighted by Gasteiger charge is 2.06. The van der Waals surface area contributed by atoms with Gasteiger partial charge in [-0.1, -0.05) is 12.1 Å². The van der Waals surface area contributed by atoms with Gasteiger partial charge in [-0.05, 0) is 34.7 Å². The molecule has 0 aromatic heterocycles. The van der Waals surface area contributed by atoms with Crippen molar-refractivity contribution in [3.05, 3.63) is 27.8 Å². The van der Waals surface area contributed by atoms with Gasteiger partial charge in [0.15, 0.2) is 5.96 Å². The second-order valence-electron chi connectivity index (χ2n) is 2.67. The highest BCUT2D eigenvalue weighted by atomic mass is 127. The van der Waals surface area contributed by atoms with Crippen molar-refractivity contribution < 1.29 is 9.53 Å². The number of benzene rings is 1. The second-order valence-corrected chi connectivity index (χ2v) is 3.83. The van der Waals surface area contributed by atoms with Gasteiger partial charge in [0.2, 0.25) is 0 Å². The summed E-state index contributed by atoms with van der Waals surface area (Å²) >= 11 is 2.07. The Morgan fingerprint density at radius 1 is 1.53 bits per heavy atom. The van der Waals surface area contributed by atoms with Crippen LogP contribution in [0.1, 0.15) is 0 Å². The lowest BCUT2D eigenvalue weighted by Crippen LogP contribution is -2.36. The predicted molar refractivity (Wildman–Crippen MR) is 64.7 cm³/mol. The molecule has 0 amide bonds. The zero-order chi connectivity index (χ0) is 11.3. The Balaban J connectivity index is 2.52. The van der Waals surface area contributed by atoms with Gasteiger partial charge in [0.1, 0.15) is 12.3 Å². The lowest BCUT2D eigenvalue weighted by molar-refractivity contribution is -0.133. The molecule has 6 heteroatoms. The molecule has 0 heterocycles. The average Bonchev–Trinajstić information content (AvgIpc) is 2.18. The van der Waals surface area contributed by atoms with E-state index in [9.17, 15) is 4.79 Å². The zero-order valence-electron chi connectivity index (χ0n) is 7.79. The third-order valence-electron chi connectivity index (χ3n) is 1.48. The molecule has 80 valence electrons. The lowest BCUT2D eigenvalue weighted by Gasteiger charge is -2.06. The molecule has 1 aromatic carbocycles. The van der Waals surface area contributed by atoms with E-state index in [0.29, 0.717) is 5.75 Å². The van der Waals surface area contributed by atoms with Gasteiger partial charge in [-0.2, -0.15) is 0 Å². The number of halogens is 1. The summed E-state index contributed by atoms with van der Waals surface area (Å²) in [5.41, 5.74) is 5.03. The number of nitrogens with one attached hydrogen (secondary N) is 2. The fraction of sp³-hybridized carbons (Fsp3) is 0.111. The van der Waals surface area contributed by atoms with Crippen LogP contribution in [0.3, 0.4) is 0 Å². The van der Waals surface area contributed by atoms with Crippen molar-refractivity contribution in [3.8, 4) is 5.75 Å². The molecule has 15 heavy (non-hydrogen) atoms. The summed E-state index contributed by atoms with van der Waals surface area (Å²) < 4.78 is 5.89. The number of guanidine groups is 1. The maximum Gasteiger partial charge on any atom is 0.330 e. The highest BCUT2D eigenvalue weighted by molar-refractivity contribution is 14.1. The number of para-hydroxylation sites is 1. The molecule has 0 aliphatic rings. The highest BCUT2D eigenvalue weighted by Crippen LogP contribution is 2.19. The normalized spacial score (nSPS) is 9.40. The van der Waals surface area contributed by atoms with Crippen LogP contribution in [0.25, 0.3) is 0 Å². The number of nitrogens with two attached hydrogens (primary N) is 1. The predicted octanol–water partition coefficient (Wildman–Crippen LogP) is 0.680. The van der Waals surface area contributed by atoms with E-state index >= 15 is 0 Å². The van der Waals surface area contributed by atoms with E-state index in [4.69, 9.17) is 15.9 Å². The number of carbonyl (C=O) groups excluding carboxylic acids is 1. The fourth-order valence-corrected chi connectivity index (χ4v) is 1.35. The summed E-state index contributed by atoms with van der Waals surface area (Å²) in [6, 6.07) is 7.17. The van der Waals surface area contributed by atoms with Crippen LogP contribution >= 0.6 is 22.6 Å². The van der Waals surface area contributed by atoms with E-state index in [1.54, 1.807) is 12.1 Å². The van der Waals surface area contributed by atoms with E-state index < -0.39 is 5.97 Å². The summed E-state index contributed by atoms with van der Waals surface area (Å²) in [5, 5.41) is 9.24. The number of carbonyl (C=O) groups is 1. The van der Waals surface area contributed by atoms with Crippen molar-refractivity contribution in [2.45, 2.75) is 0 Å². The van der Waals surface area contributed by atoms with Crippen LogP contribution in [0.15, 0.2) is 24.3 Å². The van der Waals surface area contributed by atoms with Gasteiger partial charge in [-0.15, -0.1) is 0 Å². The Kier molecular flexibility index (Phi) is 4.35.